The van der Waals surface area contributed by atoms with Crippen molar-refractivity contribution in [3.8, 4) is 0 Å². The number of likely N-dealkylation sites (N-methyl/N-ethyl adjacent to an activating group) is 1. The van der Waals surface area contributed by atoms with Crippen LogP contribution in [0.25, 0.3) is 0 Å². The summed E-state index contributed by atoms with van der Waals surface area (Å²) in [6.45, 7) is 14.7. The van der Waals surface area contributed by atoms with Gasteiger partial charge >= 0.3 is 0 Å². The van der Waals surface area contributed by atoms with E-state index in [9.17, 15) is 0 Å². The number of rotatable bonds is 3. The molecule has 0 aromatic rings. The Bertz CT molecular complexity index is 251. The molecule has 0 aliphatic carbocycles. The van der Waals surface area contributed by atoms with Gasteiger partial charge in [0.25, 0.3) is 0 Å². The van der Waals surface area contributed by atoms with E-state index in [0.29, 0.717) is 0 Å². The number of hydrogen-bond donors (Lipinski definition) is 0. The topological polar surface area (TPSA) is 3.24 Å². The highest BCUT2D eigenvalue weighted by Gasteiger charge is 2.16. The van der Waals surface area contributed by atoms with E-state index in [4.69, 9.17) is 0 Å². The molecule has 0 aliphatic rings. The predicted molar refractivity (Wildman–Crippen MR) is 65.2 cm³/mol. The van der Waals surface area contributed by atoms with E-state index in [2.05, 4.69) is 64.4 Å². The van der Waals surface area contributed by atoms with Crippen molar-refractivity contribution in [3.63, 3.8) is 0 Å². The standard InChI is InChI=1S/C13H23N/c1-8-11(2)9-10-12(3)14(7)13(4,5)6/h8-10H,3H2,1-2,4-7H3/b10-9-,11-8-. The van der Waals surface area contributed by atoms with Gasteiger partial charge in [-0.25, -0.2) is 0 Å². The Hall–Kier alpha value is -0.980. The lowest BCUT2D eigenvalue weighted by Gasteiger charge is -2.34. The van der Waals surface area contributed by atoms with Crippen LogP contribution in [0.2, 0.25) is 0 Å². The van der Waals surface area contributed by atoms with Crippen LogP contribution in [0.4, 0.5) is 0 Å². The Kier molecular flexibility index (Phi) is 4.69. The van der Waals surface area contributed by atoms with Crippen molar-refractivity contribution in [1.29, 1.82) is 0 Å². The highest BCUT2D eigenvalue weighted by atomic mass is 15.2. The third kappa shape index (κ3) is 4.31. The minimum Gasteiger partial charge on any atom is -0.370 e. The maximum absolute atomic E-state index is 4.04. The summed E-state index contributed by atoms with van der Waals surface area (Å²) in [7, 11) is 2.07. The lowest BCUT2D eigenvalue weighted by Crippen LogP contribution is -2.36. The van der Waals surface area contributed by atoms with Crippen molar-refractivity contribution < 1.29 is 0 Å². The SMILES string of the molecule is C=C(/C=C\C(C)=C/C)N(C)C(C)(C)C. The molecular formula is C13H23N. The fourth-order valence-corrected chi connectivity index (χ4v) is 0.866. The van der Waals surface area contributed by atoms with E-state index in [1.807, 2.05) is 6.92 Å². The van der Waals surface area contributed by atoms with Crippen LogP contribution in [0.1, 0.15) is 34.6 Å². The molecule has 14 heavy (non-hydrogen) atoms. The first-order chi connectivity index (χ1) is 6.29. The van der Waals surface area contributed by atoms with Crippen LogP contribution in [0.15, 0.2) is 36.1 Å². The Morgan fingerprint density at radius 3 is 2.07 bits per heavy atom. The van der Waals surface area contributed by atoms with Crippen molar-refractivity contribution in [2.24, 2.45) is 0 Å². The summed E-state index contributed by atoms with van der Waals surface area (Å²) in [5.41, 5.74) is 2.43. The molecule has 0 aromatic carbocycles. The van der Waals surface area contributed by atoms with E-state index < -0.39 is 0 Å². The first-order valence-electron chi connectivity index (χ1n) is 5.02. The Morgan fingerprint density at radius 1 is 1.21 bits per heavy atom. The third-order valence-electron chi connectivity index (χ3n) is 2.43. The minimum atomic E-state index is 0.130. The molecule has 0 unspecified atom stereocenters. The maximum Gasteiger partial charge on any atom is 0.0314 e. The summed E-state index contributed by atoms with van der Waals surface area (Å²) in [6.07, 6.45) is 6.23. The molecule has 0 fully saturated rings. The minimum absolute atomic E-state index is 0.130. The molecule has 80 valence electrons. The van der Waals surface area contributed by atoms with Crippen molar-refractivity contribution >= 4 is 0 Å². The van der Waals surface area contributed by atoms with Gasteiger partial charge in [-0.2, -0.15) is 0 Å². The second kappa shape index (κ2) is 5.04. The van der Waals surface area contributed by atoms with Gasteiger partial charge in [0.1, 0.15) is 0 Å². The highest BCUT2D eigenvalue weighted by Crippen LogP contribution is 2.16. The highest BCUT2D eigenvalue weighted by molar-refractivity contribution is 5.24. The second-order valence-electron chi connectivity index (χ2n) is 4.59. The van der Waals surface area contributed by atoms with Crippen LogP contribution >= 0.6 is 0 Å². The van der Waals surface area contributed by atoms with Gasteiger partial charge in [-0.1, -0.05) is 24.3 Å². The van der Waals surface area contributed by atoms with Crippen molar-refractivity contribution in [2.75, 3.05) is 7.05 Å². The third-order valence-corrected chi connectivity index (χ3v) is 2.43. The number of nitrogens with zero attached hydrogens (tertiary/aromatic N) is 1. The average molecular weight is 193 g/mol. The number of allylic oxidation sites excluding steroid dienone is 4. The zero-order valence-electron chi connectivity index (χ0n) is 10.4. The molecule has 0 atom stereocenters. The Labute approximate surface area is 88.8 Å². The molecule has 0 saturated carbocycles. The Balaban J connectivity index is 4.44. The molecule has 0 aromatic heterocycles. The fraction of sp³-hybridized carbons (Fsp3) is 0.538. The van der Waals surface area contributed by atoms with Gasteiger partial charge in [0.05, 0.1) is 0 Å². The van der Waals surface area contributed by atoms with Crippen molar-refractivity contribution in [3.05, 3.63) is 36.1 Å². The molecule has 0 N–H and O–H groups in total. The molecular weight excluding hydrogens is 170 g/mol. The van der Waals surface area contributed by atoms with Gasteiger partial charge in [0, 0.05) is 18.3 Å². The summed E-state index contributed by atoms with van der Waals surface area (Å²) < 4.78 is 0. The van der Waals surface area contributed by atoms with Gasteiger partial charge in [0.2, 0.25) is 0 Å². The molecule has 0 bridgehead atoms. The van der Waals surface area contributed by atoms with E-state index in [-0.39, 0.29) is 5.54 Å². The zero-order valence-corrected chi connectivity index (χ0v) is 10.4. The summed E-state index contributed by atoms with van der Waals surface area (Å²) in [5, 5.41) is 0. The van der Waals surface area contributed by atoms with Crippen molar-refractivity contribution in [1.82, 2.24) is 4.90 Å². The monoisotopic (exact) mass is 193 g/mol. The van der Waals surface area contributed by atoms with E-state index in [0.717, 1.165) is 5.70 Å². The van der Waals surface area contributed by atoms with Crippen LogP contribution in [0.5, 0.6) is 0 Å². The normalized spacial score (nSPS) is 13.4. The van der Waals surface area contributed by atoms with Gasteiger partial charge in [-0.05, 0) is 40.7 Å². The van der Waals surface area contributed by atoms with Gasteiger partial charge in [0.15, 0.2) is 0 Å². The summed E-state index contributed by atoms with van der Waals surface area (Å²) in [5.74, 6) is 0. The van der Waals surface area contributed by atoms with Gasteiger partial charge in [-0.3, -0.25) is 0 Å². The molecule has 0 spiro atoms. The Morgan fingerprint density at radius 2 is 1.71 bits per heavy atom. The fourth-order valence-electron chi connectivity index (χ4n) is 0.866. The molecule has 0 aliphatic heterocycles. The summed E-state index contributed by atoms with van der Waals surface area (Å²) in [4.78, 5) is 2.17. The van der Waals surface area contributed by atoms with Crippen LogP contribution in [-0.4, -0.2) is 17.5 Å². The molecule has 0 heterocycles. The van der Waals surface area contributed by atoms with Crippen LogP contribution in [0, 0.1) is 0 Å². The van der Waals surface area contributed by atoms with Crippen LogP contribution in [-0.2, 0) is 0 Å². The molecule has 0 amide bonds. The van der Waals surface area contributed by atoms with E-state index in [1.54, 1.807) is 0 Å². The quantitative estimate of drug-likeness (QED) is 0.617. The molecule has 0 rings (SSSR count). The van der Waals surface area contributed by atoms with Crippen molar-refractivity contribution in [2.45, 2.75) is 40.2 Å². The first kappa shape index (κ1) is 13.0. The van der Waals surface area contributed by atoms with Gasteiger partial charge < -0.3 is 4.90 Å². The smallest absolute Gasteiger partial charge is 0.0314 e. The average Bonchev–Trinajstić information content (AvgIpc) is 2.10. The summed E-state index contributed by atoms with van der Waals surface area (Å²) in [6, 6.07) is 0. The first-order valence-corrected chi connectivity index (χ1v) is 5.02. The number of hydrogen-bond acceptors (Lipinski definition) is 1. The van der Waals surface area contributed by atoms with E-state index >= 15 is 0 Å². The molecule has 0 radical (unpaired) electrons. The molecule has 1 heteroatoms. The predicted octanol–water partition coefficient (Wildman–Crippen LogP) is 3.75. The van der Waals surface area contributed by atoms with E-state index in [1.165, 1.54) is 5.57 Å². The van der Waals surface area contributed by atoms with Crippen LogP contribution in [0.3, 0.4) is 0 Å². The zero-order chi connectivity index (χ0) is 11.4. The maximum atomic E-state index is 4.04. The van der Waals surface area contributed by atoms with Crippen LogP contribution < -0.4 is 0 Å². The second-order valence-corrected chi connectivity index (χ2v) is 4.59. The summed E-state index contributed by atoms with van der Waals surface area (Å²) >= 11 is 0. The molecule has 1 nitrogen and oxygen atoms in total. The molecule has 0 saturated heterocycles. The lowest BCUT2D eigenvalue weighted by molar-refractivity contribution is 0.235. The lowest BCUT2D eigenvalue weighted by atomic mass is 10.1. The largest absolute Gasteiger partial charge is 0.370 e. The van der Waals surface area contributed by atoms with Gasteiger partial charge in [-0.15, -0.1) is 0 Å².